The van der Waals surface area contributed by atoms with E-state index in [-0.39, 0.29) is 17.9 Å². The van der Waals surface area contributed by atoms with E-state index in [1.165, 1.54) is 0 Å². The molecule has 1 N–H and O–H groups in total. The van der Waals surface area contributed by atoms with Gasteiger partial charge in [-0.25, -0.2) is 0 Å². The summed E-state index contributed by atoms with van der Waals surface area (Å²) in [5, 5.41) is 3.87. The molecular weight excluding hydrogens is 408 g/mol. The molecule has 1 saturated carbocycles. The molecule has 2 aromatic carbocycles. The van der Waals surface area contributed by atoms with Crippen LogP contribution in [0.1, 0.15) is 62.1 Å². The van der Waals surface area contributed by atoms with Crippen molar-refractivity contribution in [2.24, 2.45) is 0 Å². The Morgan fingerprint density at radius 2 is 1.71 bits per heavy atom. The van der Waals surface area contributed by atoms with Crippen LogP contribution in [0.3, 0.4) is 0 Å². The Labute approximate surface area is 191 Å². The molecule has 1 unspecified atom stereocenters. The molecule has 2 amide bonds. The van der Waals surface area contributed by atoms with E-state index >= 15 is 0 Å². The van der Waals surface area contributed by atoms with Crippen molar-refractivity contribution < 1.29 is 9.59 Å². The first-order chi connectivity index (χ1) is 15.0. The van der Waals surface area contributed by atoms with Gasteiger partial charge in [0.15, 0.2) is 0 Å². The summed E-state index contributed by atoms with van der Waals surface area (Å²) in [4.78, 5) is 28.3. The second-order valence-electron chi connectivity index (χ2n) is 8.45. The highest BCUT2D eigenvalue weighted by molar-refractivity contribution is 6.31. The Morgan fingerprint density at radius 3 is 2.35 bits per heavy atom. The van der Waals surface area contributed by atoms with Crippen LogP contribution in [0.2, 0.25) is 5.02 Å². The van der Waals surface area contributed by atoms with Gasteiger partial charge in [0.2, 0.25) is 11.8 Å². The molecule has 5 heteroatoms. The molecule has 1 fully saturated rings. The van der Waals surface area contributed by atoms with Crippen LogP contribution < -0.4 is 5.32 Å². The quantitative estimate of drug-likeness (QED) is 0.563. The molecule has 1 atom stereocenters. The monoisotopic (exact) mass is 440 g/mol. The van der Waals surface area contributed by atoms with Crippen molar-refractivity contribution in [3.63, 3.8) is 0 Å². The van der Waals surface area contributed by atoms with E-state index in [9.17, 15) is 9.59 Å². The lowest BCUT2D eigenvalue weighted by Gasteiger charge is -2.32. The maximum Gasteiger partial charge on any atom is 0.243 e. The molecule has 0 aliphatic heterocycles. The molecular formula is C26H33ClN2O2. The van der Waals surface area contributed by atoms with Gasteiger partial charge in [-0.1, -0.05) is 73.8 Å². The Balaban J connectivity index is 1.78. The normalized spacial score (nSPS) is 14.9. The van der Waals surface area contributed by atoms with Crippen molar-refractivity contribution in [2.45, 2.75) is 77.4 Å². The number of carbonyl (C=O) groups excluding carboxylic acids is 2. The molecule has 0 bridgehead atoms. The average molecular weight is 441 g/mol. The summed E-state index contributed by atoms with van der Waals surface area (Å²) in [7, 11) is 0. The summed E-state index contributed by atoms with van der Waals surface area (Å²) in [6, 6.07) is 15.4. The van der Waals surface area contributed by atoms with Crippen LogP contribution in [0.5, 0.6) is 0 Å². The Kier molecular flexibility index (Phi) is 8.53. The fourth-order valence-electron chi connectivity index (χ4n) is 4.34. The third-order valence-corrected chi connectivity index (χ3v) is 6.62. The summed E-state index contributed by atoms with van der Waals surface area (Å²) in [5.74, 6) is -0.0503. The van der Waals surface area contributed by atoms with E-state index in [2.05, 4.69) is 5.32 Å². The van der Waals surface area contributed by atoms with E-state index in [4.69, 9.17) is 11.6 Å². The molecule has 0 heterocycles. The molecule has 0 saturated heterocycles. The Bertz CT molecular complexity index is 892. The van der Waals surface area contributed by atoms with Gasteiger partial charge in [-0.15, -0.1) is 0 Å². The van der Waals surface area contributed by atoms with Crippen molar-refractivity contribution in [2.75, 3.05) is 0 Å². The van der Waals surface area contributed by atoms with Crippen molar-refractivity contribution in [3.05, 3.63) is 70.2 Å². The zero-order chi connectivity index (χ0) is 22.2. The SMILES string of the molecule is CCC(C(=O)NC1CCCC1)N(Cc1ccccc1C)C(=O)CCc1ccccc1Cl. The molecule has 1 aliphatic rings. The maximum atomic E-state index is 13.4. The van der Waals surface area contributed by atoms with Gasteiger partial charge in [0.1, 0.15) is 6.04 Å². The maximum absolute atomic E-state index is 13.4. The van der Waals surface area contributed by atoms with Gasteiger partial charge in [0, 0.05) is 24.0 Å². The van der Waals surface area contributed by atoms with Crippen molar-refractivity contribution in [3.8, 4) is 0 Å². The number of nitrogens with zero attached hydrogens (tertiary/aromatic N) is 1. The van der Waals surface area contributed by atoms with Gasteiger partial charge >= 0.3 is 0 Å². The van der Waals surface area contributed by atoms with Gasteiger partial charge in [-0.3, -0.25) is 9.59 Å². The number of hydrogen-bond donors (Lipinski definition) is 1. The van der Waals surface area contributed by atoms with Gasteiger partial charge in [0.25, 0.3) is 0 Å². The molecule has 0 spiro atoms. The molecule has 4 nitrogen and oxygen atoms in total. The standard InChI is InChI=1S/C26H33ClN2O2/c1-3-24(26(31)28-22-13-7-8-14-22)29(18-21-12-5-4-10-19(21)2)25(30)17-16-20-11-6-9-15-23(20)27/h4-6,9-12,15,22,24H,3,7-8,13-14,16-18H2,1-2H3,(H,28,31). The Hall–Kier alpha value is -2.33. The van der Waals surface area contributed by atoms with E-state index in [0.29, 0.717) is 30.8 Å². The fraction of sp³-hybridized carbons (Fsp3) is 0.462. The molecule has 0 radical (unpaired) electrons. The molecule has 166 valence electrons. The summed E-state index contributed by atoms with van der Waals surface area (Å²) in [5.41, 5.74) is 3.15. The zero-order valence-electron chi connectivity index (χ0n) is 18.6. The van der Waals surface area contributed by atoms with Crippen LogP contribution in [0.25, 0.3) is 0 Å². The minimum atomic E-state index is -0.473. The smallest absolute Gasteiger partial charge is 0.243 e. The minimum Gasteiger partial charge on any atom is -0.352 e. The first-order valence-electron chi connectivity index (χ1n) is 11.4. The number of halogens is 1. The Morgan fingerprint density at radius 1 is 1.06 bits per heavy atom. The minimum absolute atomic E-state index is 0.0170. The van der Waals surface area contributed by atoms with E-state index < -0.39 is 6.04 Å². The highest BCUT2D eigenvalue weighted by Crippen LogP contribution is 2.22. The molecule has 3 rings (SSSR count). The lowest BCUT2D eigenvalue weighted by Crippen LogP contribution is -2.51. The van der Waals surface area contributed by atoms with Gasteiger partial charge in [-0.2, -0.15) is 0 Å². The van der Waals surface area contributed by atoms with E-state index in [0.717, 1.165) is 42.4 Å². The summed E-state index contributed by atoms with van der Waals surface area (Å²) < 4.78 is 0. The largest absolute Gasteiger partial charge is 0.352 e. The van der Waals surface area contributed by atoms with Crippen LogP contribution >= 0.6 is 11.6 Å². The lowest BCUT2D eigenvalue weighted by atomic mass is 10.0. The van der Waals surface area contributed by atoms with Crippen molar-refractivity contribution >= 4 is 23.4 Å². The fourth-order valence-corrected chi connectivity index (χ4v) is 4.57. The second kappa shape index (κ2) is 11.3. The number of carbonyl (C=O) groups is 2. The number of amides is 2. The number of benzene rings is 2. The molecule has 1 aliphatic carbocycles. The number of aryl methyl sites for hydroxylation is 2. The van der Waals surface area contributed by atoms with Gasteiger partial charge < -0.3 is 10.2 Å². The first kappa shape index (κ1) is 23.3. The highest BCUT2D eigenvalue weighted by Gasteiger charge is 2.30. The summed E-state index contributed by atoms with van der Waals surface area (Å²) in [6.45, 7) is 4.46. The topological polar surface area (TPSA) is 49.4 Å². The van der Waals surface area contributed by atoms with Crippen LogP contribution in [0.4, 0.5) is 0 Å². The van der Waals surface area contributed by atoms with E-state index in [1.807, 2.05) is 62.4 Å². The third-order valence-electron chi connectivity index (χ3n) is 6.26. The van der Waals surface area contributed by atoms with E-state index in [1.54, 1.807) is 4.90 Å². The lowest BCUT2D eigenvalue weighted by molar-refractivity contribution is -0.141. The third kappa shape index (κ3) is 6.33. The average Bonchev–Trinajstić information content (AvgIpc) is 3.27. The number of nitrogens with one attached hydrogen (secondary N) is 1. The zero-order valence-corrected chi connectivity index (χ0v) is 19.3. The van der Waals surface area contributed by atoms with Gasteiger partial charge in [0.05, 0.1) is 0 Å². The van der Waals surface area contributed by atoms with Crippen molar-refractivity contribution in [1.82, 2.24) is 10.2 Å². The van der Waals surface area contributed by atoms with Gasteiger partial charge in [-0.05, 0) is 55.4 Å². The second-order valence-corrected chi connectivity index (χ2v) is 8.86. The highest BCUT2D eigenvalue weighted by atomic mass is 35.5. The van der Waals surface area contributed by atoms with Crippen LogP contribution in [0, 0.1) is 6.92 Å². The molecule has 2 aromatic rings. The number of rotatable bonds is 9. The van der Waals surface area contributed by atoms with Crippen LogP contribution in [-0.2, 0) is 22.6 Å². The summed E-state index contributed by atoms with van der Waals surface area (Å²) >= 11 is 6.28. The van der Waals surface area contributed by atoms with Crippen LogP contribution in [-0.4, -0.2) is 28.8 Å². The molecule has 31 heavy (non-hydrogen) atoms. The summed E-state index contributed by atoms with van der Waals surface area (Å²) in [6.07, 6.45) is 5.84. The molecule has 0 aromatic heterocycles. The predicted molar refractivity (Wildman–Crippen MR) is 126 cm³/mol. The van der Waals surface area contributed by atoms with Crippen molar-refractivity contribution in [1.29, 1.82) is 0 Å². The predicted octanol–water partition coefficient (Wildman–Crippen LogP) is 5.45. The number of hydrogen-bond acceptors (Lipinski definition) is 2. The first-order valence-corrected chi connectivity index (χ1v) is 11.7. The van der Waals surface area contributed by atoms with Crippen LogP contribution in [0.15, 0.2) is 48.5 Å².